The number of ether oxygens (including phenoxy) is 2. The first-order chi connectivity index (χ1) is 12.4. The standard InChI is InChI=1S/C18H21FN2O4S/c1-24-14-6-8-17(25-2)18(12-14)26(22,23)20-15-11-13(19)5-7-16(15)21-9-3-4-10-21/h5-8,11-12,20H,3-4,9-10H2,1-2H3. The van der Waals surface area contributed by atoms with Crippen molar-refractivity contribution in [3.63, 3.8) is 0 Å². The molecule has 1 heterocycles. The van der Waals surface area contributed by atoms with E-state index >= 15 is 0 Å². The molecular weight excluding hydrogens is 359 g/mol. The highest BCUT2D eigenvalue weighted by Gasteiger charge is 2.24. The Bertz CT molecular complexity index is 896. The molecule has 6 nitrogen and oxygen atoms in total. The lowest BCUT2D eigenvalue weighted by atomic mass is 10.2. The topological polar surface area (TPSA) is 67.9 Å². The van der Waals surface area contributed by atoms with Crippen molar-refractivity contribution >= 4 is 21.4 Å². The molecule has 0 atom stereocenters. The third kappa shape index (κ3) is 3.70. The zero-order chi connectivity index (χ0) is 18.7. The van der Waals surface area contributed by atoms with Gasteiger partial charge in [0.1, 0.15) is 22.2 Å². The van der Waals surface area contributed by atoms with Gasteiger partial charge >= 0.3 is 0 Å². The van der Waals surface area contributed by atoms with Crippen molar-refractivity contribution in [3.8, 4) is 11.5 Å². The van der Waals surface area contributed by atoms with E-state index in [1.807, 2.05) is 4.90 Å². The van der Waals surface area contributed by atoms with E-state index in [2.05, 4.69) is 4.72 Å². The Morgan fingerprint density at radius 1 is 1.04 bits per heavy atom. The summed E-state index contributed by atoms with van der Waals surface area (Å²) in [6, 6.07) is 8.61. The van der Waals surface area contributed by atoms with Gasteiger partial charge in [-0.25, -0.2) is 12.8 Å². The molecule has 8 heteroatoms. The van der Waals surface area contributed by atoms with E-state index in [0.717, 1.165) is 25.9 Å². The van der Waals surface area contributed by atoms with E-state index in [-0.39, 0.29) is 16.3 Å². The van der Waals surface area contributed by atoms with Gasteiger partial charge in [-0.1, -0.05) is 0 Å². The predicted molar refractivity (Wildman–Crippen MR) is 98.2 cm³/mol. The third-order valence-electron chi connectivity index (χ3n) is 4.31. The van der Waals surface area contributed by atoms with Crippen LogP contribution in [0.1, 0.15) is 12.8 Å². The van der Waals surface area contributed by atoms with Crippen LogP contribution in [-0.2, 0) is 10.0 Å². The minimum absolute atomic E-state index is 0.0732. The van der Waals surface area contributed by atoms with E-state index < -0.39 is 15.8 Å². The van der Waals surface area contributed by atoms with Crippen LogP contribution in [0, 0.1) is 5.82 Å². The number of rotatable bonds is 6. The minimum atomic E-state index is -4.01. The number of anilines is 2. The monoisotopic (exact) mass is 380 g/mol. The molecule has 1 aliphatic heterocycles. The molecule has 1 aliphatic rings. The second-order valence-electron chi connectivity index (χ2n) is 5.98. The molecule has 0 spiro atoms. The number of hydrogen-bond acceptors (Lipinski definition) is 5. The van der Waals surface area contributed by atoms with Crippen molar-refractivity contribution in [3.05, 3.63) is 42.2 Å². The lowest BCUT2D eigenvalue weighted by molar-refractivity contribution is 0.392. The van der Waals surface area contributed by atoms with Gasteiger partial charge in [0.2, 0.25) is 0 Å². The minimum Gasteiger partial charge on any atom is -0.497 e. The smallest absolute Gasteiger partial charge is 0.265 e. The Balaban J connectivity index is 2.01. The van der Waals surface area contributed by atoms with Gasteiger partial charge in [0.05, 0.1) is 25.6 Å². The highest BCUT2D eigenvalue weighted by Crippen LogP contribution is 2.34. The van der Waals surface area contributed by atoms with E-state index in [9.17, 15) is 12.8 Å². The predicted octanol–water partition coefficient (Wildman–Crippen LogP) is 3.24. The molecule has 0 amide bonds. The molecule has 26 heavy (non-hydrogen) atoms. The van der Waals surface area contributed by atoms with Crippen molar-refractivity contribution in [2.24, 2.45) is 0 Å². The number of sulfonamides is 1. The van der Waals surface area contributed by atoms with Crippen LogP contribution in [0.25, 0.3) is 0 Å². The van der Waals surface area contributed by atoms with E-state index in [4.69, 9.17) is 9.47 Å². The Labute approximate surface area is 152 Å². The van der Waals surface area contributed by atoms with Gasteiger partial charge in [-0.3, -0.25) is 4.72 Å². The largest absolute Gasteiger partial charge is 0.497 e. The van der Waals surface area contributed by atoms with Gasteiger partial charge in [0, 0.05) is 25.2 Å². The molecule has 0 unspecified atom stereocenters. The van der Waals surface area contributed by atoms with Crippen LogP contribution >= 0.6 is 0 Å². The van der Waals surface area contributed by atoms with Crippen LogP contribution in [0.2, 0.25) is 0 Å². The zero-order valence-corrected chi connectivity index (χ0v) is 15.5. The fourth-order valence-corrected chi connectivity index (χ4v) is 4.27. The maximum atomic E-state index is 13.8. The summed E-state index contributed by atoms with van der Waals surface area (Å²) in [5.74, 6) is 0.0471. The summed E-state index contributed by atoms with van der Waals surface area (Å²) in [6.07, 6.45) is 2.04. The summed E-state index contributed by atoms with van der Waals surface area (Å²) in [5.41, 5.74) is 0.867. The van der Waals surface area contributed by atoms with Crippen LogP contribution in [-0.4, -0.2) is 35.7 Å². The summed E-state index contributed by atoms with van der Waals surface area (Å²) in [7, 11) is -1.17. The average molecular weight is 380 g/mol. The summed E-state index contributed by atoms with van der Waals surface area (Å²) >= 11 is 0. The third-order valence-corrected chi connectivity index (χ3v) is 5.70. The lowest BCUT2D eigenvalue weighted by Gasteiger charge is -2.22. The maximum absolute atomic E-state index is 13.8. The fraction of sp³-hybridized carbons (Fsp3) is 0.333. The van der Waals surface area contributed by atoms with Crippen molar-refractivity contribution in [2.45, 2.75) is 17.7 Å². The van der Waals surface area contributed by atoms with Crippen LogP contribution < -0.4 is 19.1 Å². The molecule has 2 aromatic rings. The number of halogens is 1. The molecule has 1 fully saturated rings. The molecular formula is C18H21FN2O4S. The Morgan fingerprint density at radius 2 is 1.77 bits per heavy atom. The van der Waals surface area contributed by atoms with Crippen LogP contribution in [0.15, 0.2) is 41.3 Å². The highest BCUT2D eigenvalue weighted by molar-refractivity contribution is 7.92. The number of hydrogen-bond donors (Lipinski definition) is 1. The van der Waals surface area contributed by atoms with Gasteiger partial charge in [-0.2, -0.15) is 0 Å². The first kappa shape index (κ1) is 18.3. The van der Waals surface area contributed by atoms with Crippen LogP contribution in [0.5, 0.6) is 11.5 Å². The Hall–Kier alpha value is -2.48. The number of nitrogens with zero attached hydrogens (tertiary/aromatic N) is 1. The quantitative estimate of drug-likeness (QED) is 0.833. The van der Waals surface area contributed by atoms with Crippen molar-refractivity contribution in [1.82, 2.24) is 0 Å². The molecule has 0 aliphatic carbocycles. The van der Waals surface area contributed by atoms with E-state index in [1.54, 1.807) is 12.1 Å². The van der Waals surface area contributed by atoms with E-state index in [1.165, 1.54) is 38.5 Å². The Kier molecular flexibility index (Phi) is 5.22. The van der Waals surface area contributed by atoms with Gasteiger partial charge < -0.3 is 14.4 Å². The normalized spacial score (nSPS) is 14.3. The molecule has 140 valence electrons. The van der Waals surface area contributed by atoms with Crippen molar-refractivity contribution in [1.29, 1.82) is 0 Å². The molecule has 2 aromatic carbocycles. The first-order valence-corrected chi connectivity index (χ1v) is 9.72. The molecule has 0 bridgehead atoms. The Morgan fingerprint density at radius 3 is 2.42 bits per heavy atom. The van der Waals surface area contributed by atoms with E-state index in [0.29, 0.717) is 11.4 Å². The second kappa shape index (κ2) is 7.41. The molecule has 0 saturated carbocycles. The molecule has 3 rings (SSSR count). The lowest BCUT2D eigenvalue weighted by Crippen LogP contribution is -2.21. The van der Waals surface area contributed by atoms with Gasteiger partial charge in [-0.15, -0.1) is 0 Å². The summed E-state index contributed by atoms with van der Waals surface area (Å²) in [5, 5.41) is 0. The molecule has 0 aromatic heterocycles. The number of benzene rings is 2. The van der Waals surface area contributed by atoms with Gasteiger partial charge in [0.15, 0.2) is 0 Å². The number of methoxy groups -OCH3 is 2. The summed E-state index contributed by atoms with van der Waals surface area (Å²) in [4.78, 5) is 1.97. The van der Waals surface area contributed by atoms with Crippen LogP contribution in [0.3, 0.4) is 0 Å². The summed E-state index contributed by atoms with van der Waals surface area (Å²) < 4.78 is 52.4. The molecule has 1 N–H and O–H groups in total. The van der Waals surface area contributed by atoms with Crippen LogP contribution in [0.4, 0.5) is 15.8 Å². The SMILES string of the molecule is COc1ccc(OC)c(S(=O)(=O)Nc2cc(F)ccc2N2CCCC2)c1. The average Bonchev–Trinajstić information content (AvgIpc) is 3.15. The van der Waals surface area contributed by atoms with Crippen molar-refractivity contribution in [2.75, 3.05) is 36.9 Å². The summed E-state index contributed by atoms with van der Waals surface area (Å²) in [6.45, 7) is 1.62. The maximum Gasteiger partial charge on any atom is 0.265 e. The second-order valence-corrected chi connectivity index (χ2v) is 7.63. The number of nitrogens with one attached hydrogen (secondary N) is 1. The molecule has 1 saturated heterocycles. The molecule has 0 radical (unpaired) electrons. The van der Waals surface area contributed by atoms with Gasteiger partial charge in [0.25, 0.3) is 10.0 Å². The van der Waals surface area contributed by atoms with Gasteiger partial charge in [-0.05, 0) is 37.1 Å². The zero-order valence-electron chi connectivity index (χ0n) is 14.7. The first-order valence-electron chi connectivity index (χ1n) is 8.24. The van der Waals surface area contributed by atoms with Crippen molar-refractivity contribution < 1.29 is 22.3 Å². The fourth-order valence-electron chi connectivity index (χ4n) is 3.02. The highest BCUT2D eigenvalue weighted by atomic mass is 32.2.